The highest BCUT2D eigenvalue weighted by molar-refractivity contribution is 7.11. The summed E-state index contributed by atoms with van der Waals surface area (Å²) in [7, 11) is 0. The van der Waals surface area contributed by atoms with E-state index < -0.39 is 11.7 Å². The van der Waals surface area contributed by atoms with E-state index in [1.165, 1.54) is 16.9 Å². The molecule has 0 radical (unpaired) electrons. The Hall–Kier alpha value is -5.66. The average Bonchev–Trinajstić information content (AvgIpc) is 3.67. The number of aryl methyl sites for hydroxylation is 1. The number of hydrogen-bond donors (Lipinski definition) is 2. The van der Waals surface area contributed by atoms with Crippen LogP contribution in [0.3, 0.4) is 0 Å². The van der Waals surface area contributed by atoms with Gasteiger partial charge in [0.15, 0.2) is 5.01 Å². The molecule has 11 nitrogen and oxygen atoms in total. The van der Waals surface area contributed by atoms with Gasteiger partial charge in [-0.1, -0.05) is 66.7 Å². The van der Waals surface area contributed by atoms with Crippen molar-refractivity contribution in [3.63, 3.8) is 0 Å². The lowest BCUT2D eigenvalue weighted by atomic mass is 9.91. The lowest BCUT2D eigenvalue weighted by Crippen LogP contribution is -2.49. The Balaban J connectivity index is 0.881. The summed E-state index contributed by atoms with van der Waals surface area (Å²) in [6.45, 7) is 5.91. The first kappa shape index (κ1) is 38.6. The minimum Gasteiger partial charge on any atom is -0.445 e. The van der Waals surface area contributed by atoms with Crippen molar-refractivity contribution in [1.82, 2.24) is 30.4 Å². The van der Waals surface area contributed by atoms with Crippen LogP contribution in [0.15, 0.2) is 96.5 Å². The largest absolute Gasteiger partial charge is 0.445 e. The maximum absolute atomic E-state index is 14.4. The van der Waals surface area contributed by atoms with Gasteiger partial charge in [-0.05, 0) is 79.5 Å². The molecule has 290 valence electrons. The zero-order valence-corrected chi connectivity index (χ0v) is 32.1. The molecule has 1 aliphatic carbocycles. The summed E-state index contributed by atoms with van der Waals surface area (Å²) in [5, 5.41) is 8.36. The minimum atomic E-state index is -0.637. The summed E-state index contributed by atoms with van der Waals surface area (Å²) >= 11 is 1.32. The highest BCUT2D eigenvalue weighted by Crippen LogP contribution is 2.29. The molecule has 0 atom stereocenters. The SMILES string of the molecule is Cc1csc(C(=O)NC2CCC(NC(=O)c3cc(F)cnc3Oc3cccc(-c4ccc(CCN5CCN(C(=O)OCc6ccccc6)CC5)cc4)c3)CC2)n1. The van der Waals surface area contributed by atoms with Crippen LogP contribution < -0.4 is 15.4 Å². The van der Waals surface area contributed by atoms with Gasteiger partial charge in [-0.25, -0.2) is 19.2 Å². The molecule has 3 aromatic carbocycles. The Morgan fingerprint density at radius 3 is 2.23 bits per heavy atom. The second kappa shape index (κ2) is 18.3. The van der Waals surface area contributed by atoms with Gasteiger partial charge in [0.1, 0.15) is 23.7 Å². The van der Waals surface area contributed by atoms with Gasteiger partial charge in [-0.3, -0.25) is 14.5 Å². The van der Waals surface area contributed by atoms with Crippen molar-refractivity contribution in [2.45, 2.75) is 57.7 Å². The number of amides is 3. The molecule has 3 heterocycles. The number of ether oxygens (including phenoxy) is 2. The molecule has 2 aliphatic rings. The van der Waals surface area contributed by atoms with Gasteiger partial charge in [0, 0.05) is 55.9 Å². The number of nitrogens with one attached hydrogen (secondary N) is 2. The second-order valence-electron chi connectivity index (χ2n) is 14.2. The Bertz CT molecular complexity index is 2110. The maximum atomic E-state index is 14.4. The normalized spacial score (nSPS) is 17.2. The number of carbonyl (C=O) groups is 3. The van der Waals surface area contributed by atoms with E-state index in [1.54, 1.807) is 11.0 Å². The van der Waals surface area contributed by atoms with Crippen LogP contribution in [-0.2, 0) is 17.8 Å². The number of thiazole rings is 1. The molecule has 2 fully saturated rings. The molecule has 3 amide bonds. The number of hydrogen-bond acceptors (Lipinski definition) is 9. The van der Waals surface area contributed by atoms with Crippen LogP contribution in [0.25, 0.3) is 11.1 Å². The molecule has 1 aliphatic heterocycles. The third kappa shape index (κ3) is 10.3. The van der Waals surface area contributed by atoms with Gasteiger partial charge in [-0.15, -0.1) is 11.3 Å². The van der Waals surface area contributed by atoms with Gasteiger partial charge in [0.05, 0.1) is 6.20 Å². The number of pyridine rings is 1. The molecule has 2 N–H and O–H groups in total. The standard InChI is InChI=1S/C43H45FN6O5S/c1-29-28-56-42(46-29)40(52)48-36-16-14-35(15-17-36)47-39(51)38-25-34(44)26-45-41(38)55-37-9-5-8-33(24-37)32-12-10-30(11-13-32)18-19-49-20-22-50(23-21-49)43(53)54-27-31-6-3-2-4-7-31/h2-13,24-26,28,35-36H,14-23,27H2,1H3,(H,47,51)(H,48,52). The zero-order chi connectivity index (χ0) is 38.9. The molecule has 0 spiro atoms. The molecular weight excluding hydrogens is 732 g/mol. The van der Waals surface area contributed by atoms with E-state index in [-0.39, 0.29) is 42.1 Å². The predicted octanol–water partition coefficient (Wildman–Crippen LogP) is 7.41. The number of halogens is 1. The number of piperazine rings is 1. The molecule has 13 heteroatoms. The van der Waals surface area contributed by atoms with Crippen LogP contribution in [0.2, 0.25) is 0 Å². The third-order valence-electron chi connectivity index (χ3n) is 10.2. The minimum absolute atomic E-state index is 0.00403. The van der Waals surface area contributed by atoms with Crippen molar-refractivity contribution in [2.24, 2.45) is 0 Å². The summed E-state index contributed by atoms with van der Waals surface area (Å²) in [5.41, 5.74) is 4.94. The lowest BCUT2D eigenvalue weighted by Gasteiger charge is -2.34. The van der Waals surface area contributed by atoms with Gasteiger partial charge in [-0.2, -0.15) is 0 Å². The fraction of sp³-hybridized carbons (Fsp3) is 0.326. The number of carbonyl (C=O) groups excluding carboxylic acids is 3. The highest BCUT2D eigenvalue weighted by atomic mass is 32.1. The molecule has 56 heavy (non-hydrogen) atoms. The topological polar surface area (TPSA) is 126 Å². The van der Waals surface area contributed by atoms with Crippen LogP contribution >= 0.6 is 11.3 Å². The molecule has 1 saturated heterocycles. The fourth-order valence-electron chi connectivity index (χ4n) is 6.99. The number of benzene rings is 3. The summed E-state index contributed by atoms with van der Waals surface area (Å²) < 4.78 is 26.0. The molecule has 1 saturated carbocycles. The quantitative estimate of drug-likeness (QED) is 0.134. The van der Waals surface area contributed by atoms with Crippen LogP contribution in [-0.4, -0.2) is 82.5 Å². The smallest absolute Gasteiger partial charge is 0.410 e. The summed E-state index contributed by atoms with van der Waals surface area (Å²) in [6.07, 6.45) is 4.38. The molecular formula is C43H45FN6O5S. The number of nitrogens with zero attached hydrogens (tertiary/aromatic N) is 4. The lowest BCUT2D eigenvalue weighted by molar-refractivity contribution is 0.0719. The predicted molar refractivity (Wildman–Crippen MR) is 212 cm³/mol. The van der Waals surface area contributed by atoms with Gasteiger partial charge < -0.3 is 25.0 Å². The molecule has 0 unspecified atom stereocenters. The van der Waals surface area contributed by atoms with E-state index in [9.17, 15) is 18.8 Å². The Morgan fingerprint density at radius 1 is 0.821 bits per heavy atom. The Morgan fingerprint density at radius 2 is 1.54 bits per heavy atom. The van der Waals surface area contributed by atoms with Crippen molar-refractivity contribution in [3.05, 3.63) is 130 Å². The van der Waals surface area contributed by atoms with Gasteiger partial charge >= 0.3 is 6.09 Å². The van der Waals surface area contributed by atoms with Crippen LogP contribution in [0, 0.1) is 12.7 Å². The van der Waals surface area contributed by atoms with E-state index >= 15 is 0 Å². The Labute approximate surface area is 329 Å². The van der Waals surface area contributed by atoms with Crippen molar-refractivity contribution < 1.29 is 28.2 Å². The Kier molecular flexibility index (Phi) is 12.6. The second-order valence-corrected chi connectivity index (χ2v) is 15.1. The average molecular weight is 777 g/mol. The first-order chi connectivity index (χ1) is 27.3. The molecule has 5 aromatic rings. The molecule has 0 bridgehead atoms. The number of aromatic nitrogens is 2. The van der Waals surface area contributed by atoms with Crippen molar-refractivity contribution in [2.75, 3.05) is 32.7 Å². The summed E-state index contributed by atoms with van der Waals surface area (Å²) in [6, 6.07) is 26.6. The monoisotopic (exact) mass is 776 g/mol. The van der Waals surface area contributed by atoms with Crippen molar-refractivity contribution in [3.8, 4) is 22.8 Å². The fourth-order valence-corrected chi connectivity index (χ4v) is 7.69. The molecule has 2 aromatic heterocycles. The number of rotatable bonds is 12. The van der Waals surface area contributed by atoms with E-state index in [2.05, 4.69) is 49.8 Å². The van der Waals surface area contributed by atoms with Crippen LogP contribution in [0.4, 0.5) is 9.18 Å². The summed E-state index contributed by atoms with van der Waals surface area (Å²) in [4.78, 5) is 51.0. The van der Waals surface area contributed by atoms with Gasteiger partial charge in [0.2, 0.25) is 5.88 Å². The first-order valence-electron chi connectivity index (χ1n) is 19.0. The van der Waals surface area contributed by atoms with Crippen molar-refractivity contribution in [1.29, 1.82) is 0 Å². The van der Waals surface area contributed by atoms with Crippen LogP contribution in [0.1, 0.15) is 62.7 Å². The van der Waals surface area contributed by atoms with Crippen molar-refractivity contribution >= 4 is 29.2 Å². The first-order valence-corrected chi connectivity index (χ1v) is 19.9. The summed E-state index contributed by atoms with van der Waals surface area (Å²) in [5.74, 6) is -0.798. The third-order valence-corrected chi connectivity index (χ3v) is 11.1. The maximum Gasteiger partial charge on any atom is 0.410 e. The van der Waals surface area contributed by atoms with Gasteiger partial charge in [0.25, 0.3) is 11.8 Å². The van der Waals surface area contributed by atoms with E-state index in [4.69, 9.17) is 9.47 Å². The van der Waals surface area contributed by atoms with E-state index in [1.807, 2.05) is 60.8 Å². The van der Waals surface area contributed by atoms with E-state index in [0.29, 0.717) is 49.5 Å². The highest BCUT2D eigenvalue weighted by Gasteiger charge is 2.27. The van der Waals surface area contributed by atoms with Crippen LogP contribution in [0.5, 0.6) is 11.6 Å². The zero-order valence-electron chi connectivity index (χ0n) is 31.3. The van der Waals surface area contributed by atoms with E-state index in [0.717, 1.165) is 60.7 Å². The molecule has 7 rings (SSSR count).